The fraction of sp³-hybridized carbons (Fsp3) is 0.700. The Balaban J connectivity index is 1.89. The summed E-state index contributed by atoms with van der Waals surface area (Å²) in [5.74, 6) is 5.31. The van der Waals surface area contributed by atoms with Crippen molar-refractivity contribution in [3.8, 4) is 0 Å². The standard InChI is InChI=1S/C10H18N4S/c11-13-10-12-7-9(15-10)8-14-5-3-1-2-4-6-14/h7H,1-6,8,11H2,(H,12,13). The first-order valence-corrected chi connectivity index (χ1v) is 6.34. The molecule has 2 heterocycles. The van der Waals surface area contributed by atoms with Crippen LogP contribution in [0.15, 0.2) is 6.20 Å². The van der Waals surface area contributed by atoms with Gasteiger partial charge in [-0.15, -0.1) is 0 Å². The summed E-state index contributed by atoms with van der Waals surface area (Å²) >= 11 is 1.64. The van der Waals surface area contributed by atoms with Crippen LogP contribution in [0.3, 0.4) is 0 Å². The third kappa shape index (κ3) is 3.15. The molecule has 0 aliphatic carbocycles. The highest BCUT2D eigenvalue weighted by molar-refractivity contribution is 7.15. The van der Waals surface area contributed by atoms with Gasteiger partial charge in [0.05, 0.1) is 0 Å². The zero-order valence-electron chi connectivity index (χ0n) is 8.91. The lowest BCUT2D eigenvalue weighted by atomic mass is 10.2. The monoisotopic (exact) mass is 226 g/mol. The van der Waals surface area contributed by atoms with E-state index < -0.39 is 0 Å². The number of nitrogens with one attached hydrogen (secondary N) is 1. The van der Waals surface area contributed by atoms with Crippen molar-refractivity contribution in [1.29, 1.82) is 0 Å². The van der Waals surface area contributed by atoms with Crippen molar-refractivity contribution in [2.24, 2.45) is 5.84 Å². The molecular weight excluding hydrogens is 208 g/mol. The lowest BCUT2D eigenvalue weighted by Crippen LogP contribution is -2.23. The second kappa shape index (κ2) is 5.44. The van der Waals surface area contributed by atoms with Crippen LogP contribution in [0.5, 0.6) is 0 Å². The number of anilines is 1. The van der Waals surface area contributed by atoms with Crippen LogP contribution < -0.4 is 11.3 Å². The minimum Gasteiger partial charge on any atom is -0.300 e. The number of nitrogens with zero attached hydrogens (tertiary/aromatic N) is 2. The van der Waals surface area contributed by atoms with Crippen LogP contribution in [-0.2, 0) is 6.54 Å². The van der Waals surface area contributed by atoms with E-state index in [1.165, 1.54) is 43.6 Å². The molecule has 0 radical (unpaired) electrons. The number of likely N-dealkylation sites (tertiary alicyclic amines) is 1. The first kappa shape index (κ1) is 10.9. The average Bonchev–Trinajstić information content (AvgIpc) is 2.54. The third-order valence-electron chi connectivity index (χ3n) is 2.76. The molecule has 0 aromatic carbocycles. The van der Waals surface area contributed by atoms with Gasteiger partial charge in [-0.2, -0.15) is 0 Å². The van der Waals surface area contributed by atoms with Crippen LogP contribution in [-0.4, -0.2) is 23.0 Å². The summed E-state index contributed by atoms with van der Waals surface area (Å²) in [6, 6.07) is 0. The molecular formula is C10H18N4S. The summed E-state index contributed by atoms with van der Waals surface area (Å²) in [7, 11) is 0. The maximum atomic E-state index is 5.31. The molecule has 3 N–H and O–H groups in total. The van der Waals surface area contributed by atoms with Gasteiger partial charge >= 0.3 is 0 Å². The molecule has 0 atom stereocenters. The summed E-state index contributed by atoms with van der Waals surface area (Å²) in [4.78, 5) is 7.99. The van der Waals surface area contributed by atoms with Crippen molar-refractivity contribution in [2.75, 3.05) is 18.5 Å². The minimum atomic E-state index is 0.805. The lowest BCUT2D eigenvalue weighted by molar-refractivity contribution is 0.279. The van der Waals surface area contributed by atoms with Crippen LogP contribution >= 0.6 is 11.3 Å². The van der Waals surface area contributed by atoms with E-state index >= 15 is 0 Å². The normalized spacial score (nSPS) is 18.7. The molecule has 84 valence electrons. The number of nitrogen functional groups attached to an aromatic ring is 1. The predicted octanol–water partition coefficient (Wildman–Crippen LogP) is 1.80. The smallest absolute Gasteiger partial charge is 0.197 e. The number of hydrogen-bond donors (Lipinski definition) is 2. The van der Waals surface area contributed by atoms with Gasteiger partial charge in [-0.25, -0.2) is 10.8 Å². The Labute approximate surface area is 94.5 Å². The predicted molar refractivity (Wildman–Crippen MR) is 63.7 cm³/mol. The molecule has 0 saturated carbocycles. The zero-order chi connectivity index (χ0) is 10.5. The molecule has 1 aromatic heterocycles. The Hall–Kier alpha value is -0.650. The molecule has 0 unspecified atom stereocenters. The van der Waals surface area contributed by atoms with Crippen LogP contribution in [0.1, 0.15) is 30.6 Å². The summed E-state index contributed by atoms with van der Waals surface area (Å²) in [6.45, 7) is 3.48. The SMILES string of the molecule is NNc1ncc(CN2CCCCCC2)s1. The van der Waals surface area contributed by atoms with Gasteiger partial charge in [-0.3, -0.25) is 10.3 Å². The highest BCUT2D eigenvalue weighted by Crippen LogP contribution is 2.20. The maximum Gasteiger partial charge on any atom is 0.197 e. The van der Waals surface area contributed by atoms with Crippen molar-refractivity contribution in [3.05, 3.63) is 11.1 Å². The van der Waals surface area contributed by atoms with Gasteiger partial charge in [-0.05, 0) is 25.9 Å². The van der Waals surface area contributed by atoms with Crippen molar-refractivity contribution in [1.82, 2.24) is 9.88 Å². The summed E-state index contributed by atoms with van der Waals surface area (Å²) in [5.41, 5.74) is 2.59. The van der Waals surface area contributed by atoms with E-state index in [2.05, 4.69) is 15.3 Å². The van der Waals surface area contributed by atoms with Crippen LogP contribution in [0.2, 0.25) is 0 Å². The molecule has 0 spiro atoms. The molecule has 0 amide bonds. The van der Waals surface area contributed by atoms with Gasteiger partial charge in [0.15, 0.2) is 5.13 Å². The molecule has 1 saturated heterocycles. The second-order valence-corrected chi connectivity index (χ2v) is 5.08. The summed E-state index contributed by atoms with van der Waals surface area (Å²) < 4.78 is 0. The van der Waals surface area contributed by atoms with Gasteiger partial charge in [0.1, 0.15) is 0 Å². The van der Waals surface area contributed by atoms with Crippen LogP contribution in [0.25, 0.3) is 0 Å². The van der Waals surface area contributed by atoms with Gasteiger partial charge in [0.25, 0.3) is 0 Å². The Morgan fingerprint density at radius 2 is 2.07 bits per heavy atom. The number of thiazole rings is 1. The van der Waals surface area contributed by atoms with Crippen LogP contribution in [0, 0.1) is 0 Å². The molecule has 5 heteroatoms. The molecule has 1 aliphatic heterocycles. The quantitative estimate of drug-likeness (QED) is 0.609. The van der Waals surface area contributed by atoms with Crippen molar-refractivity contribution >= 4 is 16.5 Å². The number of nitrogens with two attached hydrogens (primary N) is 1. The lowest BCUT2D eigenvalue weighted by Gasteiger charge is -2.17. The van der Waals surface area contributed by atoms with E-state index in [1.54, 1.807) is 11.3 Å². The number of rotatable bonds is 3. The maximum absolute atomic E-state index is 5.31. The Bertz CT molecular complexity index is 291. The first-order valence-electron chi connectivity index (χ1n) is 5.52. The fourth-order valence-corrected chi connectivity index (χ4v) is 2.73. The van der Waals surface area contributed by atoms with E-state index in [9.17, 15) is 0 Å². The molecule has 1 aliphatic rings. The number of hydrazine groups is 1. The van der Waals surface area contributed by atoms with Crippen molar-refractivity contribution < 1.29 is 0 Å². The van der Waals surface area contributed by atoms with E-state index in [0.717, 1.165) is 11.7 Å². The minimum absolute atomic E-state index is 0.805. The molecule has 15 heavy (non-hydrogen) atoms. The van der Waals surface area contributed by atoms with E-state index in [1.807, 2.05) is 6.20 Å². The van der Waals surface area contributed by atoms with E-state index in [-0.39, 0.29) is 0 Å². The summed E-state index contributed by atoms with van der Waals surface area (Å²) in [6.07, 6.45) is 7.36. The highest BCUT2D eigenvalue weighted by Gasteiger charge is 2.10. The highest BCUT2D eigenvalue weighted by atomic mass is 32.1. The van der Waals surface area contributed by atoms with Gasteiger partial charge in [-0.1, -0.05) is 24.2 Å². The van der Waals surface area contributed by atoms with Crippen LogP contribution in [0.4, 0.5) is 5.13 Å². The molecule has 1 fully saturated rings. The number of aromatic nitrogens is 1. The molecule has 0 bridgehead atoms. The van der Waals surface area contributed by atoms with Crippen molar-refractivity contribution in [3.63, 3.8) is 0 Å². The Kier molecular flexibility index (Phi) is 3.94. The summed E-state index contributed by atoms with van der Waals surface area (Å²) in [5, 5.41) is 0.805. The topological polar surface area (TPSA) is 54.2 Å². The van der Waals surface area contributed by atoms with Gasteiger partial charge < -0.3 is 0 Å². The van der Waals surface area contributed by atoms with E-state index in [4.69, 9.17) is 5.84 Å². The third-order valence-corrected chi connectivity index (χ3v) is 3.67. The largest absolute Gasteiger partial charge is 0.300 e. The van der Waals surface area contributed by atoms with Crippen molar-refractivity contribution in [2.45, 2.75) is 32.2 Å². The molecule has 4 nitrogen and oxygen atoms in total. The second-order valence-electron chi connectivity index (χ2n) is 3.97. The number of hydrogen-bond acceptors (Lipinski definition) is 5. The van der Waals surface area contributed by atoms with Gasteiger partial charge in [0.2, 0.25) is 0 Å². The Morgan fingerprint density at radius 3 is 2.67 bits per heavy atom. The zero-order valence-corrected chi connectivity index (χ0v) is 9.72. The fourth-order valence-electron chi connectivity index (χ4n) is 1.96. The Morgan fingerprint density at radius 1 is 1.33 bits per heavy atom. The van der Waals surface area contributed by atoms with E-state index in [0.29, 0.717) is 0 Å². The first-order chi connectivity index (χ1) is 7.38. The average molecular weight is 226 g/mol. The van der Waals surface area contributed by atoms with Gasteiger partial charge in [0, 0.05) is 17.6 Å². The molecule has 2 rings (SSSR count). The molecule has 1 aromatic rings.